The molecule has 1 aromatic rings. The Morgan fingerprint density at radius 3 is 2.76 bits per heavy atom. The lowest BCUT2D eigenvalue weighted by Crippen LogP contribution is -2.43. The number of benzene rings is 1. The number of carbonyl (C=O) groups excluding carboxylic acids is 1. The maximum Gasteiger partial charge on any atom is 0.326 e. The Morgan fingerprint density at radius 2 is 2.19 bits per heavy atom. The van der Waals surface area contributed by atoms with Crippen molar-refractivity contribution in [3.05, 3.63) is 24.0 Å². The summed E-state index contributed by atoms with van der Waals surface area (Å²) in [5.74, 6) is -0.843. The van der Waals surface area contributed by atoms with Gasteiger partial charge in [-0.2, -0.15) is 11.8 Å². The Labute approximate surface area is 126 Å². The van der Waals surface area contributed by atoms with Gasteiger partial charge < -0.3 is 20.5 Å². The number of carboxylic acid groups (broad SMARTS) is 1. The van der Waals surface area contributed by atoms with E-state index in [0.717, 1.165) is 6.07 Å². The smallest absolute Gasteiger partial charge is 0.326 e. The summed E-state index contributed by atoms with van der Waals surface area (Å²) in [7, 11) is 1.34. The van der Waals surface area contributed by atoms with Crippen LogP contribution in [-0.4, -0.2) is 42.3 Å². The number of halogens is 1. The summed E-state index contributed by atoms with van der Waals surface area (Å²) >= 11 is 1.49. The maximum absolute atomic E-state index is 13.0. The van der Waals surface area contributed by atoms with Gasteiger partial charge in [-0.25, -0.2) is 14.0 Å². The third kappa shape index (κ3) is 5.50. The molecule has 0 fully saturated rings. The van der Waals surface area contributed by atoms with Gasteiger partial charge >= 0.3 is 12.0 Å². The van der Waals surface area contributed by atoms with E-state index in [4.69, 9.17) is 9.84 Å². The van der Waals surface area contributed by atoms with Gasteiger partial charge in [-0.15, -0.1) is 0 Å². The fourth-order valence-electron chi connectivity index (χ4n) is 1.58. The van der Waals surface area contributed by atoms with Gasteiger partial charge in [0.2, 0.25) is 0 Å². The normalized spacial score (nSPS) is 11.6. The van der Waals surface area contributed by atoms with Gasteiger partial charge in [-0.3, -0.25) is 0 Å². The van der Waals surface area contributed by atoms with Crippen LogP contribution in [0.3, 0.4) is 0 Å². The standard InChI is InChI=1S/C13H17FN2O4S/c1-20-11-7-8(14)3-4-9(11)15-13(19)16-10(12(17)18)5-6-21-2/h3-4,7,10H,5-6H2,1-2H3,(H,17,18)(H2,15,16,19)/t10-/m0/s1. The van der Waals surface area contributed by atoms with Crippen molar-refractivity contribution in [3.8, 4) is 5.75 Å². The molecule has 1 aromatic carbocycles. The van der Waals surface area contributed by atoms with Crippen molar-refractivity contribution in [2.24, 2.45) is 0 Å². The Balaban J connectivity index is 2.69. The Bertz CT molecular complexity index is 513. The molecule has 0 aliphatic carbocycles. The molecule has 0 radical (unpaired) electrons. The second-order valence-corrected chi connectivity index (χ2v) is 5.10. The number of anilines is 1. The molecule has 6 nitrogen and oxygen atoms in total. The highest BCUT2D eigenvalue weighted by Crippen LogP contribution is 2.24. The Hall–Kier alpha value is -1.96. The van der Waals surface area contributed by atoms with Gasteiger partial charge in [-0.05, 0) is 30.6 Å². The quantitative estimate of drug-likeness (QED) is 0.717. The average molecular weight is 316 g/mol. The number of ether oxygens (including phenoxy) is 1. The minimum Gasteiger partial charge on any atom is -0.494 e. The van der Waals surface area contributed by atoms with E-state index < -0.39 is 23.9 Å². The number of methoxy groups -OCH3 is 1. The van der Waals surface area contributed by atoms with Crippen molar-refractivity contribution in [2.75, 3.05) is 24.4 Å². The van der Waals surface area contributed by atoms with Gasteiger partial charge in [0.25, 0.3) is 0 Å². The summed E-state index contributed by atoms with van der Waals surface area (Å²) in [6.45, 7) is 0. The molecule has 0 aliphatic heterocycles. The van der Waals surface area contributed by atoms with E-state index in [9.17, 15) is 14.0 Å². The van der Waals surface area contributed by atoms with Crippen LogP contribution in [0.4, 0.5) is 14.9 Å². The zero-order chi connectivity index (χ0) is 15.8. The van der Waals surface area contributed by atoms with Crippen molar-refractivity contribution in [3.63, 3.8) is 0 Å². The molecular formula is C13H17FN2O4S. The molecule has 3 N–H and O–H groups in total. The minimum atomic E-state index is -1.11. The minimum absolute atomic E-state index is 0.154. The summed E-state index contributed by atoms with van der Waals surface area (Å²) < 4.78 is 18.0. The molecule has 0 aromatic heterocycles. The number of rotatable bonds is 7. The first-order chi connectivity index (χ1) is 9.97. The van der Waals surface area contributed by atoms with Crippen LogP contribution >= 0.6 is 11.8 Å². The number of nitrogens with one attached hydrogen (secondary N) is 2. The molecule has 0 saturated carbocycles. The van der Waals surface area contributed by atoms with Crippen molar-refractivity contribution >= 4 is 29.4 Å². The van der Waals surface area contributed by atoms with Crippen LogP contribution < -0.4 is 15.4 Å². The lowest BCUT2D eigenvalue weighted by Gasteiger charge is -2.15. The van der Waals surface area contributed by atoms with Gasteiger partial charge in [0.15, 0.2) is 0 Å². The molecule has 0 saturated heterocycles. The Morgan fingerprint density at radius 1 is 1.48 bits per heavy atom. The van der Waals surface area contributed by atoms with E-state index in [-0.39, 0.29) is 11.4 Å². The van der Waals surface area contributed by atoms with E-state index in [1.165, 1.54) is 31.0 Å². The maximum atomic E-state index is 13.0. The van der Waals surface area contributed by atoms with Crippen LogP contribution in [0.15, 0.2) is 18.2 Å². The zero-order valence-corrected chi connectivity index (χ0v) is 12.5. The molecule has 0 heterocycles. The van der Waals surface area contributed by atoms with E-state index in [1.54, 1.807) is 0 Å². The largest absolute Gasteiger partial charge is 0.494 e. The second kappa shape index (κ2) is 8.35. The first-order valence-electron chi connectivity index (χ1n) is 6.10. The number of carboxylic acids is 1. The SMILES string of the molecule is COc1cc(F)ccc1NC(=O)N[C@@H](CCSC)C(=O)O. The third-order valence-electron chi connectivity index (χ3n) is 2.63. The Kier molecular flexibility index (Phi) is 6.80. The molecule has 0 bridgehead atoms. The van der Waals surface area contributed by atoms with Crippen molar-refractivity contribution in [2.45, 2.75) is 12.5 Å². The van der Waals surface area contributed by atoms with Crippen LogP contribution in [0.5, 0.6) is 5.75 Å². The fourth-order valence-corrected chi connectivity index (χ4v) is 2.05. The molecule has 0 spiro atoms. The van der Waals surface area contributed by atoms with E-state index >= 15 is 0 Å². The summed E-state index contributed by atoms with van der Waals surface area (Å²) in [5.41, 5.74) is 0.255. The fraction of sp³-hybridized carbons (Fsp3) is 0.385. The van der Waals surface area contributed by atoms with Crippen molar-refractivity contribution in [1.82, 2.24) is 5.32 Å². The van der Waals surface area contributed by atoms with Crippen molar-refractivity contribution in [1.29, 1.82) is 0 Å². The highest BCUT2D eigenvalue weighted by atomic mass is 32.2. The van der Waals surface area contributed by atoms with Crippen LogP contribution in [0, 0.1) is 5.82 Å². The number of carbonyl (C=O) groups is 2. The molecule has 116 valence electrons. The summed E-state index contributed by atoms with van der Waals surface area (Å²) in [6.07, 6.45) is 2.16. The van der Waals surface area contributed by atoms with E-state index in [2.05, 4.69) is 10.6 Å². The molecule has 1 rings (SSSR count). The van der Waals surface area contributed by atoms with Crippen LogP contribution in [0.2, 0.25) is 0 Å². The number of amides is 2. The zero-order valence-electron chi connectivity index (χ0n) is 11.7. The van der Waals surface area contributed by atoms with Crippen molar-refractivity contribution < 1.29 is 23.8 Å². The molecule has 1 atom stereocenters. The molecular weight excluding hydrogens is 299 g/mol. The summed E-state index contributed by atoms with van der Waals surface area (Å²) in [4.78, 5) is 22.8. The number of hydrogen-bond donors (Lipinski definition) is 3. The number of thioether (sulfide) groups is 1. The van der Waals surface area contributed by atoms with E-state index in [1.807, 2.05) is 6.26 Å². The van der Waals surface area contributed by atoms with Gasteiger partial charge in [0.1, 0.15) is 17.6 Å². The average Bonchev–Trinajstić information content (AvgIpc) is 2.44. The number of hydrogen-bond acceptors (Lipinski definition) is 4. The van der Waals surface area contributed by atoms with Gasteiger partial charge in [0, 0.05) is 6.07 Å². The summed E-state index contributed by atoms with van der Waals surface area (Å²) in [6, 6.07) is 1.96. The predicted octanol–water partition coefficient (Wildman–Crippen LogP) is 2.16. The topological polar surface area (TPSA) is 87.7 Å². The highest BCUT2D eigenvalue weighted by Gasteiger charge is 2.20. The van der Waals surface area contributed by atoms with Gasteiger partial charge in [0.05, 0.1) is 12.8 Å². The van der Waals surface area contributed by atoms with Gasteiger partial charge in [-0.1, -0.05) is 0 Å². The van der Waals surface area contributed by atoms with Crippen LogP contribution in [0.25, 0.3) is 0 Å². The predicted molar refractivity (Wildman–Crippen MR) is 79.5 cm³/mol. The first-order valence-corrected chi connectivity index (χ1v) is 7.50. The third-order valence-corrected chi connectivity index (χ3v) is 3.27. The first kappa shape index (κ1) is 17.1. The lowest BCUT2D eigenvalue weighted by molar-refractivity contribution is -0.139. The number of urea groups is 1. The number of aliphatic carboxylic acids is 1. The monoisotopic (exact) mass is 316 g/mol. The molecule has 21 heavy (non-hydrogen) atoms. The molecule has 8 heteroatoms. The van der Waals surface area contributed by atoms with Crippen LogP contribution in [-0.2, 0) is 4.79 Å². The second-order valence-electron chi connectivity index (χ2n) is 4.12. The van der Waals surface area contributed by atoms with E-state index in [0.29, 0.717) is 12.2 Å². The van der Waals surface area contributed by atoms with Crippen LogP contribution in [0.1, 0.15) is 6.42 Å². The molecule has 0 aliphatic rings. The highest BCUT2D eigenvalue weighted by molar-refractivity contribution is 7.98. The lowest BCUT2D eigenvalue weighted by atomic mass is 10.2. The molecule has 0 unspecified atom stereocenters. The molecule has 2 amide bonds. The summed E-state index contributed by atoms with van der Waals surface area (Å²) in [5, 5.41) is 13.8.